The Morgan fingerprint density at radius 3 is 2.20 bits per heavy atom. The topological polar surface area (TPSA) is 94.4 Å². The van der Waals surface area contributed by atoms with E-state index in [0.717, 1.165) is 19.3 Å². The maximum atomic E-state index is 12.8. The van der Waals surface area contributed by atoms with Crippen molar-refractivity contribution in [2.45, 2.75) is 38.2 Å². The third-order valence-corrected chi connectivity index (χ3v) is 7.61. The van der Waals surface area contributed by atoms with E-state index in [1.165, 1.54) is 16.4 Å². The quantitative estimate of drug-likeness (QED) is 0.630. The zero-order valence-corrected chi connectivity index (χ0v) is 18.7. The van der Waals surface area contributed by atoms with Crippen molar-refractivity contribution < 1.29 is 22.4 Å². The molecule has 2 saturated heterocycles. The number of hydrogen-bond donors (Lipinski definition) is 0. The summed E-state index contributed by atoms with van der Waals surface area (Å²) in [6.45, 7) is 8.76. The van der Waals surface area contributed by atoms with Gasteiger partial charge in [-0.25, -0.2) is 8.42 Å². The first-order valence-electron chi connectivity index (χ1n) is 10.8. The molecule has 30 heavy (non-hydrogen) atoms. The van der Waals surface area contributed by atoms with Crippen LogP contribution in [-0.4, -0.2) is 98.1 Å². The molecule has 0 saturated carbocycles. The van der Waals surface area contributed by atoms with Gasteiger partial charge in [0.15, 0.2) is 5.76 Å². The highest BCUT2D eigenvalue weighted by atomic mass is 32.2. The smallest absolute Gasteiger partial charge is 0.289 e. The maximum absolute atomic E-state index is 12.8. The van der Waals surface area contributed by atoms with E-state index in [-0.39, 0.29) is 22.7 Å². The normalized spacial score (nSPS) is 19.1. The van der Waals surface area contributed by atoms with Crippen LogP contribution in [0.15, 0.2) is 21.6 Å². The van der Waals surface area contributed by atoms with Gasteiger partial charge in [0.05, 0.1) is 6.54 Å². The minimum absolute atomic E-state index is 0.0400. The van der Waals surface area contributed by atoms with Gasteiger partial charge < -0.3 is 14.2 Å². The lowest BCUT2D eigenvalue weighted by molar-refractivity contribution is -0.132. The first-order chi connectivity index (χ1) is 14.4. The van der Waals surface area contributed by atoms with Gasteiger partial charge in [-0.05, 0) is 38.8 Å². The lowest BCUT2D eigenvalue weighted by Crippen LogP contribution is -2.51. The van der Waals surface area contributed by atoms with Crippen LogP contribution in [-0.2, 0) is 14.8 Å². The van der Waals surface area contributed by atoms with Gasteiger partial charge in [-0.3, -0.25) is 14.5 Å². The van der Waals surface area contributed by atoms with Crippen molar-refractivity contribution in [1.29, 1.82) is 0 Å². The molecule has 2 fully saturated rings. The van der Waals surface area contributed by atoms with Crippen molar-refractivity contribution in [1.82, 2.24) is 19.0 Å². The second kappa shape index (κ2) is 9.93. The van der Waals surface area contributed by atoms with Crippen LogP contribution in [0.3, 0.4) is 0 Å². The average molecular weight is 441 g/mol. The van der Waals surface area contributed by atoms with Crippen LogP contribution in [0.5, 0.6) is 0 Å². The van der Waals surface area contributed by atoms with Gasteiger partial charge in [0.1, 0.15) is 0 Å². The van der Waals surface area contributed by atoms with E-state index in [1.807, 2.05) is 18.7 Å². The van der Waals surface area contributed by atoms with Gasteiger partial charge in [0.25, 0.3) is 15.9 Å². The second-order valence-electron chi connectivity index (χ2n) is 7.72. The second-order valence-corrected chi connectivity index (χ2v) is 9.59. The van der Waals surface area contributed by atoms with Gasteiger partial charge in [-0.15, -0.1) is 0 Å². The van der Waals surface area contributed by atoms with E-state index < -0.39 is 10.0 Å². The third kappa shape index (κ3) is 5.04. The summed E-state index contributed by atoms with van der Waals surface area (Å²) in [7, 11) is -3.70. The van der Waals surface area contributed by atoms with E-state index in [1.54, 1.807) is 9.80 Å². The molecule has 0 atom stereocenters. The lowest BCUT2D eigenvalue weighted by atomic mass is 10.2. The molecule has 2 aliphatic rings. The number of piperidine rings is 1. The van der Waals surface area contributed by atoms with Crippen molar-refractivity contribution in [3.63, 3.8) is 0 Å². The van der Waals surface area contributed by atoms with Gasteiger partial charge in [-0.1, -0.05) is 6.42 Å². The minimum atomic E-state index is -3.70. The highest BCUT2D eigenvalue weighted by Crippen LogP contribution is 2.23. The fourth-order valence-corrected chi connectivity index (χ4v) is 5.37. The minimum Gasteiger partial charge on any atom is -0.438 e. The van der Waals surface area contributed by atoms with Gasteiger partial charge in [0, 0.05) is 52.4 Å². The van der Waals surface area contributed by atoms with Gasteiger partial charge in [0.2, 0.25) is 11.0 Å². The summed E-state index contributed by atoms with van der Waals surface area (Å²) >= 11 is 0. The number of rotatable bonds is 7. The third-order valence-electron chi connectivity index (χ3n) is 5.84. The molecule has 0 unspecified atom stereocenters. The number of amides is 2. The number of sulfonamides is 1. The van der Waals surface area contributed by atoms with E-state index in [9.17, 15) is 18.0 Å². The molecule has 2 amide bonds. The Kier molecular flexibility index (Phi) is 7.54. The van der Waals surface area contributed by atoms with Gasteiger partial charge >= 0.3 is 0 Å². The first kappa shape index (κ1) is 22.8. The van der Waals surface area contributed by atoms with Crippen LogP contribution < -0.4 is 0 Å². The predicted molar refractivity (Wildman–Crippen MR) is 112 cm³/mol. The standard InChI is InChI=1S/C20H32N4O5S/c1-3-22(4-2)18(25)16-21-12-14-23(15-13-21)20(26)17-8-9-19(29-17)30(27,28)24-10-6-5-7-11-24/h8-9H,3-7,10-16H2,1-2H3. The van der Waals surface area contributed by atoms with Crippen molar-refractivity contribution in [3.05, 3.63) is 17.9 Å². The Labute approximate surface area is 178 Å². The lowest BCUT2D eigenvalue weighted by Gasteiger charge is -2.34. The van der Waals surface area contributed by atoms with Crippen molar-refractivity contribution in [3.8, 4) is 0 Å². The molecule has 1 aromatic rings. The summed E-state index contributed by atoms with van der Waals surface area (Å²) in [6.07, 6.45) is 2.71. The molecular formula is C20H32N4O5S. The highest BCUT2D eigenvalue weighted by molar-refractivity contribution is 7.89. The Balaban J connectivity index is 1.56. The summed E-state index contributed by atoms with van der Waals surface area (Å²) in [5, 5.41) is -0.170. The van der Waals surface area contributed by atoms with Crippen molar-refractivity contribution in [2.24, 2.45) is 0 Å². The van der Waals surface area contributed by atoms with E-state index in [2.05, 4.69) is 0 Å². The Morgan fingerprint density at radius 1 is 0.967 bits per heavy atom. The average Bonchev–Trinajstić information content (AvgIpc) is 3.26. The molecule has 0 aromatic carbocycles. The number of carbonyl (C=O) groups is 2. The number of hydrogen-bond acceptors (Lipinski definition) is 6. The SMILES string of the molecule is CCN(CC)C(=O)CN1CCN(C(=O)c2ccc(S(=O)(=O)N3CCCCC3)o2)CC1. The first-order valence-corrected chi connectivity index (χ1v) is 12.2. The highest BCUT2D eigenvalue weighted by Gasteiger charge is 2.31. The summed E-state index contributed by atoms with van der Waals surface area (Å²) in [5.74, 6) is -0.179. The summed E-state index contributed by atoms with van der Waals surface area (Å²) in [4.78, 5) is 30.5. The van der Waals surface area contributed by atoms with Gasteiger partial charge in [-0.2, -0.15) is 4.31 Å². The van der Waals surface area contributed by atoms with Crippen LogP contribution in [0.4, 0.5) is 0 Å². The van der Waals surface area contributed by atoms with Crippen LogP contribution >= 0.6 is 0 Å². The predicted octanol–water partition coefficient (Wildman–Crippen LogP) is 1.08. The van der Waals surface area contributed by atoms with E-state index in [4.69, 9.17) is 4.42 Å². The monoisotopic (exact) mass is 440 g/mol. The fraction of sp³-hybridized carbons (Fsp3) is 0.700. The van der Waals surface area contributed by atoms with Crippen LogP contribution in [0, 0.1) is 0 Å². The van der Waals surface area contributed by atoms with E-state index >= 15 is 0 Å². The summed E-state index contributed by atoms with van der Waals surface area (Å²) in [6, 6.07) is 2.81. The number of nitrogens with zero attached hydrogens (tertiary/aromatic N) is 4. The van der Waals surface area contributed by atoms with Crippen molar-refractivity contribution in [2.75, 3.05) is 58.9 Å². The molecule has 9 nitrogen and oxygen atoms in total. The molecule has 10 heteroatoms. The number of piperazine rings is 1. The molecule has 0 N–H and O–H groups in total. The number of furan rings is 1. The summed E-state index contributed by atoms with van der Waals surface area (Å²) in [5.41, 5.74) is 0. The van der Waals surface area contributed by atoms with Crippen molar-refractivity contribution >= 4 is 21.8 Å². The summed E-state index contributed by atoms with van der Waals surface area (Å²) < 4.78 is 32.3. The molecule has 0 radical (unpaired) electrons. The zero-order chi connectivity index (χ0) is 21.7. The molecule has 168 valence electrons. The molecule has 3 heterocycles. The Hall–Kier alpha value is -1.91. The Morgan fingerprint density at radius 2 is 1.60 bits per heavy atom. The molecule has 0 spiro atoms. The molecule has 0 bridgehead atoms. The molecular weight excluding hydrogens is 408 g/mol. The fourth-order valence-electron chi connectivity index (χ4n) is 3.94. The van der Waals surface area contributed by atoms with E-state index in [0.29, 0.717) is 58.9 Å². The van der Waals surface area contributed by atoms with Crippen LogP contribution in [0.2, 0.25) is 0 Å². The number of carbonyl (C=O) groups excluding carboxylic acids is 2. The van der Waals surface area contributed by atoms with Crippen LogP contribution in [0.1, 0.15) is 43.7 Å². The largest absolute Gasteiger partial charge is 0.438 e. The van der Waals surface area contributed by atoms with Crippen LogP contribution in [0.25, 0.3) is 0 Å². The maximum Gasteiger partial charge on any atom is 0.289 e. The molecule has 3 rings (SSSR count). The zero-order valence-electron chi connectivity index (χ0n) is 17.9. The molecule has 1 aromatic heterocycles. The Bertz CT molecular complexity index is 835. The molecule has 2 aliphatic heterocycles. The number of likely N-dealkylation sites (N-methyl/N-ethyl adjacent to an activating group) is 1. The molecule has 0 aliphatic carbocycles.